The molecule has 7 heteroatoms. The van der Waals surface area contributed by atoms with Gasteiger partial charge in [-0.1, -0.05) is 6.42 Å². The van der Waals surface area contributed by atoms with Crippen LogP contribution in [0.3, 0.4) is 0 Å². The lowest BCUT2D eigenvalue weighted by atomic mass is 9.98. The van der Waals surface area contributed by atoms with Gasteiger partial charge in [0.2, 0.25) is 0 Å². The van der Waals surface area contributed by atoms with Gasteiger partial charge in [-0.25, -0.2) is 13.2 Å². The molecule has 1 aliphatic carbocycles. The van der Waals surface area contributed by atoms with E-state index in [1.807, 2.05) is 0 Å². The SMILES string of the molecule is O=C(O)c1ccc(OC2CCCCC2)c(S(=O)(=O)Cl)c1. The number of hydrogen-bond acceptors (Lipinski definition) is 4. The summed E-state index contributed by atoms with van der Waals surface area (Å²) in [5.41, 5.74) is -0.139. The van der Waals surface area contributed by atoms with Crippen LogP contribution in [0.1, 0.15) is 42.5 Å². The van der Waals surface area contributed by atoms with Gasteiger partial charge in [-0.3, -0.25) is 0 Å². The predicted molar refractivity (Wildman–Crippen MR) is 73.9 cm³/mol. The van der Waals surface area contributed by atoms with E-state index >= 15 is 0 Å². The first kappa shape index (κ1) is 15.1. The highest BCUT2D eigenvalue weighted by atomic mass is 35.7. The Balaban J connectivity index is 2.33. The summed E-state index contributed by atoms with van der Waals surface area (Å²) in [6.45, 7) is 0. The average Bonchev–Trinajstić information content (AvgIpc) is 2.39. The molecule has 0 saturated heterocycles. The summed E-state index contributed by atoms with van der Waals surface area (Å²) in [7, 11) is 1.30. The maximum atomic E-state index is 11.6. The second-order valence-electron chi connectivity index (χ2n) is 4.78. The van der Waals surface area contributed by atoms with Crippen molar-refractivity contribution in [1.29, 1.82) is 0 Å². The van der Waals surface area contributed by atoms with E-state index < -0.39 is 15.0 Å². The molecule has 1 aliphatic rings. The molecule has 1 aromatic carbocycles. The van der Waals surface area contributed by atoms with E-state index in [9.17, 15) is 13.2 Å². The minimum atomic E-state index is -4.06. The number of carboxylic acids is 1. The number of aromatic carboxylic acids is 1. The molecule has 0 heterocycles. The Hall–Kier alpha value is -1.27. The third kappa shape index (κ3) is 3.64. The highest BCUT2D eigenvalue weighted by Crippen LogP contribution is 2.31. The zero-order valence-corrected chi connectivity index (χ0v) is 12.3. The monoisotopic (exact) mass is 318 g/mol. The molecule has 0 spiro atoms. The summed E-state index contributed by atoms with van der Waals surface area (Å²) in [6, 6.07) is 3.70. The zero-order chi connectivity index (χ0) is 14.8. The molecule has 110 valence electrons. The quantitative estimate of drug-likeness (QED) is 0.863. The van der Waals surface area contributed by atoms with Crippen molar-refractivity contribution in [3.8, 4) is 5.75 Å². The molecule has 0 radical (unpaired) electrons. The number of rotatable bonds is 4. The molecule has 1 fully saturated rings. The van der Waals surface area contributed by atoms with Gasteiger partial charge in [-0.05, 0) is 43.9 Å². The third-order valence-electron chi connectivity index (χ3n) is 3.30. The Morgan fingerprint density at radius 2 is 1.90 bits per heavy atom. The summed E-state index contributed by atoms with van der Waals surface area (Å²) in [5.74, 6) is -1.09. The van der Waals surface area contributed by atoms with E-state index in [4.69, 9.17) is 20.5 Å². The van der Waals surface area contributed by atoms with Crippen molar-refractivity contribution >= 4 is 25.7 Å². The third-order valence-corrected chi connectivity index (χ3v) is 4.64. The summed E-state index contributed by atoms with van der Waals surface area (Å²) in [4.78, 5) is 10.6. The van der Waals surface area contributed by atoms with Crippen molar-refractivity contribution in [1.82, 2.24) is 0 Å². The van der Waals surface area contributed by atoms with E-state index in [1.165, 1.54) is 12.1 Å². The van der Waals surface area contributed by atoms with Gasteiger partial charge < -0.3 is 9.84 Å². The lowest BCUT2D eigenvalue weighted by Crippen LogP contribution is -2.20. The minimum Gasteiger partial charge on any atom is -0.489 e. The Kier molecular flexibility index (Phi) is 4.55. The van der Waals surface area contributed by atoms with Crippen molar-refractivity contribution in [2.75, 3.05) is 0 Å². The zero-order valence-electron chi connectivity index (χ0n) is 10.7. The second-order valence-corrected chi connectivity index (χ2v) is 7.32. The summed E-state index contributed by atoms with van der Waals surface area (Å²) in [5, 5.41) is 8.91. The van der Waals surface area contributed by atoms with Crippen molar-refractivity contribution < 1.29 is 23.1 Å². The van der Waals surface area contributed by atoms with Crippen LogP contribution in [0.2, 0.25) is 0 Å². The minimum absolute atomic E-state index is 0.0448. The number of ether oxygens (including phenoxy) is 1. The number of halogens is 1. The molecule has 2 rings (SSSR count). The van der Waals surface area contributed by atoms with Crippen LogP contribution in [-0.2, 0) is 9.05 Å². The lowest BCUT2D eigenvalue weighted by molar-refractivity contribution is 0.0696. The van der Waals surface area contributed by atoms with Gasteiger partial charge in [-0.2, -0.15) is 0 Å². The van der Waals surface area contributed by atoms with E-state index in [2.05, 4.69) is 0 Å². The predicted octanol–water partition coefficient (Wildman–Crippen LogP) is 3.02. The molecular formula is C13H15ClO5S. The highest BCUT2D eigenvalue weighted by Gasteiger charge is 2.23. The van der Waals surface area contributed by atoms with Gasteiger partial charge in [0, 0.05) is 10.7 Å². The second kappa shape index (κ2) is 6.01. The number of benzene rings is 1. The van der Waals surface area contributed by atoms with E-state index in [-0.39, 0.29) is 22.3 Å². The molecule has 0 unspecified atom stereocenters. The Bertz CT molecular complexity index is 605. The van der Waals surface area contributed by atoms with Crippen molar-refractivity contribution in [3.05, 3.63) is 23.8 Å². The van der Waals surface area contributed by atoms with Gasteiger partial charge in [0.05, 0.1) is 11.7 Å². The fourth-order valence-corrected chi connectivity index (χ4v) is 3.28. The summed E-state index contributed by atoms with van der Waals surface area (Å²) in [6.07, 6.45) is 4.92. The van der Waals surface area contributed by atoms with Crippen LogP contribution in [-0.4, -0.2) is 25.6 Å². The first-order chi connectivity index (χ1) is 9.38. The first-order valence-electron chi connectivity index (χ1n) is 6.36. The molecule has 5 nitrogen and oxygen atoms in total. The normalized spacial score (nSPS) is 16.9. The maximum absolute atomic E-state index is 11.6. The smallest absolute Gasteiger partial charge is 0.335 e. The molecule has 0 aromatic heterocycles. The van der Waals surface area contributed by atoms with E-state index in [0.717, 1.165) is 38.2 Å². The molecular weight excluding hydrogens is 304 g/mol. The molecule has 0 amide bonds. The Labute approximate surface area is 121 Å². The van der Waals surface area contributed by atoms with Crippen LogP contribution in [0.5, 0.6) is 5.75 Å². The van der Waals surface area contributed by atoms with Crippen molar-refractivity contribution in [3.63, 3.8) is 0 Å². The van der Waals surface area contributed by atoms with Crippen LogP contribution in [0.4, 0.5) is 0 Å². The van der Waals surface area contributed by atoms with Crippen molar-refractivity contribution in [2.24, 2.45) is 0 Å². The van der Waals surface area contributed by atoms with Crippen molar-refractivity contribution in [2.45, 2.75) is 43.1 Å². The molecule has 1 N–H and O–H groups in total. The van der Waals surface area contributed by atoms with Crippen LogP contribution >= 0.6 is 10.7 Å². The largest absolute Gasteiger partial charge is 0.489 e. The van der Waals surface area contributed by atoms with Gasteiger partial charge in [0.1, 0.15) is 10.6 Å². The fourth-order valence-electron chi connectivity index (χ4n) is 2.29. The molecule has 0 aliphatic heterocycles. The standard InChI is InChI=1S/C13H15ClO5S/c14-20(17,18)12-8-9(13(15)16)6-7-11(12)19-10-4-2-1-3-5-10/h6-8,10H,1-5H2,(H,15,16). The molecule has 20 heavy (non-hydrogen) atoms. The first-order valence-corrected chi connectivity index (χ1v) is 8.67. The average molecular weight is 319 g/mol. The van der Waals surface area contributed by atoms with E-state index in [0.29, 0.717) is 0 Å². The summed E-state index contributed by atoms with van der Waals surface area (Å²) < 4.78 is 28.8. The fraction of sp³-hybridized carbons (Fsp3) is 0.462. The molecule has 1 aromatic rings. The topological polar surface area (TPSA) is 80.7 Å². The van der Waals surface area contributed by atoms with Gasteiger partial charge >= 0.3 is 5.97 Å². The number of carbonyl (C=O) groups is 1. The van der Waals surface area contributed by atoms with Gasteiger partial charge in [0.15, 0.2) is 0 Å². The van der Waals surface area contributed by atoms with E-state index in [1.54, 1.807) is 0 Å². The number of carboxylic acid groups (broad SMARTS) is 1. The van der Waals surface area contributed by atoms with Gasteiger partial charge in [0.25, 0.3) is 9.05 Å². The molecule has 0 bridgehead atoms. The van der Waals surface area contributed by atoms with Crippen LogP contribution in [0.15, 0.2) is 23.1 Å². The number of hydrogen-bond donors (Lipinski definition) is 1. The lowest BCUT2D eigenvalue weighted by Gasteiger charge is -2.23. The van der Waals surface area contributed by atoms with Crippen LogP contribution < -0.4 is 4.74 Å². The Morgan fingerprint density at radius 1 is 1.25 bits per heavy atom. The maximum Gasteiger partial charge on any atom is 0.335 e. The Morgan fingerprint density at radius 3 is 2.45 bits per heavy atom. The molecule has 1 saturated carbocycles. The molecule has 0 atom stereocenters. The van der Waals surface area contributed by atoms with Crippen LogP contribution in [0, 0.1) is 0 Å². The van der Waals surface area contributed by atoms with Crippen LogP contribution in [0.25, 0.3) is 0 Å². The summed E-state index contributed by atoms with van der Waals surface area (Å²) >= 11 is 0. The highest BCUT2D eigenvalue weighted by molar-refractivity contribution is 8.13. The van der Waals surface area contributed by atoms with Gasteiger partial charge in [-0.15, -0.1) is 0 Å².